The van der Waals surface area contributed by atoms with Crippen LogP contribution >= 0.6 is 0 Å². The van der Waals surface area contributed by atoms with E-state index in [1.165, 1.54) is 16.7 Å². The summed E-state index contributed by atoms with van der Waals surface area (Å²) in [4.78, 5) is 29.6. The number of ketones is 1. The third kappa shape index (κ3) is 4.46. The Balaban J connectivity index is 1.37. The van der Waals surface area contributed by atoms with Gasteiger partial charge in [0.2, 0.25) is 0 Å². The van der Waals surface area contributed by atoms with E-state index in [9.17, 15) is 9.59 Å². The van der Waals surface area contributed by atoms with Crippen molar-refractivity contribution in [2.75, 3.05) is 19.8 Å². The van der Waals surface area contributed by atoms with Crippen LogP contribution in [0, 0.1) is 6.92 Å². The number of benzene rings is 2. The van der Waals surface area contributed by atoms with E-state index in [1.807, 2.05) is 29.1 Å². The van der Waals surface area contributed by atoms with Crippen molar-refractivity contribution in [1.82, 2.24) is 20.1 Å². The normalized spacial score (nSPS) is 19.3. The molecule has 204 valence electrons. The van der Waals surface area contributed by atoms with Crippen LogP contribution in [0.3, 0.4) is 0 Å². The summed E-state index contributed by atoms with van der Waals surface area (Å²) in [6.07, 6.45) is 7.58. The minimum atomic E-state index is -0.169. The Hall–Kier alpha value is -4.04. The summed E-state index contributed by atoms with van der Waals surface area (Å²) < 4.78 is 13.9. The van der Waals surface area contributed by atoms with Crippen molar-refractivity contribution in [3.63, 3.8) is 0 Å². The fourth-order valence-corrected chi connectivity index (χ4v) is 6.16. The second kappa shape index (κ2) is 10.2. The van der Waals surface area contributed by atoms with E-state index in [0.717, 1.165) is 65.5 Å². The van der Waals surface area contributed by atoms with Crippen molar-refractivity contribution in [3.8, 4) is 28.1 Å². The van der Waals surface area contributed by atoms with Gasteiger partial charge in [0.05, 0.1) is 12.1 Å². The molecule has 0 spiro atoms. The lowest BCUT2D eigenvalue weighted by atomic mass is 9.92. The summed E-state index contributed by atoms with van der Waals surface area (Å²) in [6, 6.07) is 12.3. The predicted octanol–water partition coefficient (Wildman–Crippen LogP) is 5.34. The Bertz CT molecular complexity index is 1650. The van der Waals surface area contributed by atoms with E-state index in [4.69, 9.17) is 19.6 Å². The lowest BCUT2D eigenvalue weighted by Crippen LogP contribution is -2.24. The molecule has 0 radical (unpaired) electrons. The maximum absolute atomic E-state index is 12.5. The van der Waals surface area contributed by atoms with Gasteiger partial charge >= 0.3 is 0 Å². The number of ether oxygens (including phenoxy) is 2. The maximum Gasteiger partial charge on any atom is 0.255 e. The SMILES string of the molecule is Cc1cc2c(cc1-c1cnc3c(c1)c(-c1ccc4c(c1)OCCNC4=O)nn3C1CCCCO1)CCC(=O)CC2. The summed E-state index contributed by atoms with van der Waals surface area (Å²) in [5.41, 5.74) is 8.78. The number of aryl methyl sites for hydroxylation is 3. The first kappa shape index (κ1) is 25.0. The van der Waals surface area contributed by atoms with Crippen LogP contribution in [0.5, 0.6) is 5.75 Å². The molecule has 4 aromatic rings. The molecular formula is C32H32N4O4. The number of amides is 1. The minimum absolute atomic E-state index is 0.130. The molecule has 8 heteroatoms. The number of nitrogens with zero attached hydrogens (tertiary/aromatic N) is 3. The van der Waals surface area contributed by atoms with Crippen molar-refractivity contribution in [3.05, 3.63) is 64.8 Å². The van der Waals surface area contributed by atoms with E-state index >= 15 is 0 Å². The van der Waals surface area contributed by atoms with Crippen molar-refractivity contribution < 1.29 is 19.1 Å². The molecule has 2 aliphatic heterocycles. The molecule has 2 aromatic heterocycles. The Morgan fingerprint density at radius 2 is 1.77 bits per heavy atom. The zero-order valence-corrected chi connectivity index (χ0v) is 22.7. The van der Waals surface area contributed by atoms with Gasteiger partial charge in [-0.3, -0.25) is 9.59 Å². The van der Waals surface area contributed by atoms with Gasteiger partial charge in [0.15, 0.2) is 11.9 Å². The molecule has 2 aromatic carbocycles. The van der Waals surface area contributed by atoms with E-state index in [2.05, 4.69) is 30.4 Å². The summed E-state index contributed by atoms with van der Waals surface area (Å²) in [5.74, 6) is 0.765. The molecule has 4 heterocycles. The molecule has 40 heavy (non-hydrogen) atoms. The smallest absolute Gasteiger partial charge is 0.255 e. The largest absolute Gasteiger partial charge is 0.491 e. The van der Waals surface area contributed by atoms with E-state index in [0.29, 0.717) is 49.7 Å². The summed E-state index contributed by atoms with van der Waals surface area (Å²) in [5, 5.41) is 8.85. The summed E-state index contributed by atoms with van der Waals surface area (Å²) in [6.45, 7) is 3.73. The first-order valence-corrected chi connectivity index (χ1v) is 14.2. The fraction of sp³-hybridized carbons (Fsp3) is 0.375. The number of nitrogens with one attached hydrogen (secondary N) is 1. The zero-order valence-electron chi connectivity index (χ0n) is 22.7. The molecule has 1 fully saturated rings. The third-order valence-corrected chi connectivity index (χ3v) is 8.32. The molecule has 1 aliphatic carbocycles. The van der Waals surface area contributed by atoms with Crippen LogP contribution in [-0.2, 0) is 22.4 Å². The van der Waals surface area contributed by atoms with Gasteiger partial charge in [0.25, 0.3) is 5.91 Å². The highest BCUT2D eigenvalue weighted by Crippen LogP contribution is 2.37. The lowest BCUT2D eigenvalue weighted by molar-refractivity contribution is -0.118. The van der Waals surface area contributed by atoms with Crippen molar-refractivity contribution in [1.29, 1.82) is 0 Å². The first-order chi connectivity index (χ1) is 19.5. The number of fused-ring (bicyclic) bond motifs is 3. The van der Waals surface area contributed by atoms with Gasteiger partial charge in [-0.05, 0) is 79.5 Å². The summed E-state index contributed by atoms with van der Waals surface area (Å²) >= 11 is 0. The highest BCUT2D eigenvalue weighted by atomic mass is 16.5. The third-order valence-electron chi connectivity index (χ3n) is 8.32. The monoisotopic (exact) mass is 536 g/mol. The van der Waals surface area contributed by atoms with Gasteiger partial charge < -0.3 is 14.8 Å². The highest BCUT2D eigenvalue weighted by Gasteiger charge is 2.25. The highest BCUT2D eigenvalue weighted by molar-refractivity contribution is 5.99. The zero-order chi connectivity index (χ0) is 27.2. The average Bonchev–Trinajstić information content (AvgIpc) is 3.13. The Morgan fingerprint density at radius 3 is 2.60 bits per heavy atom. The van der Waals surface area contributed by atoms with Gasteiger partial charge in [0, 0.05) is 42.2 Å². The van der Waals surface area contributed by atoms with Crippen LogP contribution in [-0.4, -0.2) is 46.2 Å². The van der Waals surface area contributed by atoms with Crippen molar-refractivity contribution in [2.24, 2.45) is 0 Å². The topological polar surface area (TPSA) is 95.3 Å². The number of aromatic nitrogens is 3. The van der Waals surface area contributed by atoms with Crippen molar-refractivity contribution >= 4 is 22.7 Å². The predicted molar refractivity (Wildman–Crippen MR) is 151 cm³/mol. The average molecular weight is 537 g/mol. The van der Waals surface area contributed by atoms with Gasteiger partial charge in [-0.2, -0.15) is 5.10 Å². The van der Waals surface area contributed by atoms with Crippen molar-refractivity contribution in [2.45, 2.75) is 58.1 Å². The van der Waals surface area contributed by atoms with Gasteiger partial charge in [0.1, 0.15) is 23.8 Å². The molecular weight excluding hydrogens is 504 g/mol. The molecule has 1 N–H and O–H groups in total. The fourth-order valence-electron chi connectivity index (χ4n) is 6.16. The van der Waals surface area contributed by atoms with Gasteiger partial charge in [-0.1, -0.05) is 18.2 Å². The number of rotatable bonds is 3. The van der Waals surface area contributed by atoms with Crippen LogP contribution < -0.4 is 10.1 Å². The summed E-state index contributed by atoms with van der Waals surface area (Å²) in [7, 11) is 0. The van der Waals surface area contributed by atoms with Crippen LogP contribution in [0.4, 0.5) is 0 Å². The van der Waals surface area contributed by atoms with Crippen LogP contribution in [0.1, 0.15) is 65.4 Å². The number of pyridine rings is 1. The minimum Gasteiger partial charge on any atom is -0.491 e. The molecule has 7 rings (SSSR count). The molecule has 0 bridgehead atoms. The Kier molecular flexibility index (Phi) is 6.35. The maximum atomic E-state index is 12.5. The van der Waals surface area contributed by atoms with E-state index < -0.39 is 0 Å². The number of carbonyl (C=O) groups excluding carboxylic acids is 2. The number of hydrogen-bond donors (Lipinski definition) is 1. The second-order valence-corrected chi connectivity index (χ2v) is 11.0. The number of hydrogen-bond acceptors (Lipinski definition) is 6. The molecule has 1 atom stereocenters. The molecule has 1 unspecified atom stereocenters. The van der Waals surface area contributed by atoms with Gasteiger partial charge in [-0.15, -0.1) is 0 Å². The number of Topliss-reactive ketones (excluding diaryl/α,β-unsaturated/α-hetero) is 1. The molecule has 3 aliphatic rings. The second-order valence-electron chi connectivity index (χ2n) is 11.0. The Labute approximate surface area is 232 Å². The molecule has 1 amide bonds. The van der Waals surface area contributed by atoms with E-state index in [1.54, 1.807) is 0 Å². The lowest BCUT2D eigenvalue weighted by Gasteiger charge is -2.23. The first-order valence-electron chi connectivity index (χ1n) is 14.2. The molecule has 0 saturated carbocycles. The number of carbonyl (C=O) groups is 2. The van der Waals surface area contributed by atoms with Crippen LogP contribution in [0.25, 0.3) is 33.4 Å². The van der Waals surface area contributed by atoms with Crippen LogP contribution in [0.15, 0.2) is 42.6 Å². The standard InChI is InChI=1S/C32H32N4O4/c1-19-14-20-5-8-24(37)9-6-21(20)15-26(19)23-16-27-30(22-7-10-25-28(17-22)39-13-11-33-32(25)38)35-36(31(27)34-18-23)29-4-2-3-12-40-29/h7,10,14-18,29H,2-6,8-9,11-13H2,1H3,(H,33,38). The van der Waals surface area contributed by atoms with Crippen LogP contribution in [0.2, 0.25) is 0 Å². The molecule has 1 saturated heterocycles. The Morgan fingerprint density at radius 1 is 0.925 bits per heavy atom. The quantitative estimate of drug-likeness (QED) is 0.355. The molecule has 8 nitrogen and oxygen atoms in total. The van der Waals surface area contributed by atoms with Gasteiger partial charge in [-0.25, -0.2) is 9.67 Å². The van der Waals surface area contributed by atoms with E-state index in [-0.39, 0.29) is 12.1 Å².